The van der Waals surface area contributed by atoms with Crippen LogP contribution in [0.25, 0.3) is 0 Å². The monoisotopic (exact) mass is 254 g/mol. The van der Waals surface area contributed by atoms with E-state index in [4.69, 9.17) is 0 Å². The van der Waals surface area contributed by atoms with Crippen LogP contribution in [0.3, 0.4) is 0 Å². The molecule has 0 aromatic heterocycles. The van der Waals surface area contributed by atoms with E-state index in [1.165, 1.54) is 9.81 Å². The fraction of sp³-hybridized carbons (Fsp3) is 0.500. The standard InChI is InChI=1S/C12H14O2S2/c13-7-9-3-1-5-11(9)15-16-12-6-2-4-10(12)8-14/h7-8H,1-6H2. The van der Waals surface area contributed by atoms with Gasteiger partial charge < -0.3 is 0 Å². The molecule has 2 nitrogen and oxygen atoms in total. The average molecular weight is 254 g/mol. The number of allylic oxidation sites excluding steroid dienone is 4. The molecule has 86 valence electrons. The van der Waals surface area contributed by atoms with Gasteiger partial charge in [0.1, 0.15) is 12.6 Å². The number of carbonyl (C=O) groups is 2. The van der Waals surface area contributed by atoms with Crippen molar-refractivity contribution in [2.75, 3.05) is 0 Å². The lowest BCUT2D eigenvalue weighted by Gasteiger charge is -2.04. The Hall–Kier alpha value is -0.480. The molecule has 0 saturated heterocycles. The van der Waals surface area contributed by atoms with Gasteiger partial charge in [0.2, 0.25) is 0 Å². The van der Waals surface area contributed by atoms with Crippen molar-refractivity contribution in [1.29, 1.82) is 0 Å². The molecule has 0 fully saturated rings. The van der Waals surface area contributed by atoms with Crippen LogP contribution < -0.4 is 0 Å². The van der Waals surface area contributed by atoms with Crippen LogP contribution in [0.2, 0.25) is 0 Å². The molecule has 0 amide bonds. The molecule has 0 radical (unpaired) electrons. The topological polar surface area (TPSA) is 34.1 Å². The van der Waals surface area contributed by atoms with E-state index in [1.54, 1.807) is 21.6 Å². The lowest BCUT2D eigenvalue weighted by atomic mass is 10.3. The lowest BCUT2D eigenvalue weighted by molar-refractivity contribution is -0.105. The van der Waals surface area contributed by atoms with Gasteiger partial charge in [-0.3, -0.25) is 9.59 Å². The molecule has 0 aliphatic heterocycles. The van der Waals surface area contributed by atoms with Gasteiger partial charge >= 0.3 is 0 Å². The second-order valence-electron chi connectivity index (χ2n) is 4.01. The van der Waals surface area contributed by atoms with Gasteiger partial charge in [0.25, 0.3) is 0 Å². The van der Waals surface area contributed by atoms with Gasteiger partial charge in [-0.25, -0.2) is 0 Å². The quantitative estimate of drug-likeness (QED) is 0.554. The average Bonchev–Trinajstić information content (AvgIpc) is 2.94. The maximum Gasteiger partial charge on any atom is 0.146 e. The highest BCUT2D eigenvalue weighted by Crippen LogP contribution is 2.47. The molecular weight excluding hydrogens is 240 g/mol. The van der Waals surface area contributed by atoms with E-state index < -0.39 is 0 Å². The maximum absolute atomic E-state index is 10.8. The Morgan fingerprint density at radius 1 is 0.750 bits per heavy atom. The molecule has 0 atom stereocenters. The molecule has 2 rings (SSSR count). The van der Waals surface area contributed by atoms with Gasteiger partial charge in [-0.1, -0.05) is 21.6 Å². The molecule has 0 N–H and O–H groups in total. The predicted octanol–water partition coefficient (Wildman–Crippen LogP) is 3.64. The first-order valence-corrected chi connectivity index (χ1v) is 7.69. The van der Waals surface area contributed by atoms with E-state index >= 15 is 0 Å². The Kier molecular flexibility index (Phi) is 4.29. The Balaban J connectivity index is 1.97. The highest BCUT2D eigenvalue weighted by Gasteiger charge is 2.18. The van der Waals surface area contributed by atoms with Crippen LogP contribution in [-0.2, 0) is 9.59 Å². The molecule has 2 aliphatic carbocycles. The van der Waals surface area contributed by atoms with E-state index in [-0.39, 0.29) is 0 Å². The van der Waals surface area contributed by atoms with Crippen LogP contribution in [0.5, 0.6) is 0 Å². The van der Waals surface area contributed by atoms with Gasteiger partial charge in [-0.15, -0.1) is 0 Å². The zero-order chi connectivity index (χ0) is 11.4. The fourth-order valence-electron chi connectivity index (χ4n) is 2.02. The molecule has 0 bridgehead atoms. The largest absolute Gasteiger partial charge is 0.298 e. The highest BCUT2D eigenvalue weighted by atomic mass is 33.1. The first kappa shape index (κ1) is 12.0. The van der Waals surface area contributed by atoms with Gasteiger partial charge in [0.15, 0.2) is 0 Å². The van der Waals surface area contributed by atoms with Gasteiger partial charge in [0, 0.05) is 21.0 Å². The van der Waals surface area contributed by atoms with Crippen LogP contribution in [-0.4, -0.2) is 12.6 Å². The van der Waals surface area contributed by atoms with E-state index in [0.717, 1.165) is 62.2 Å². The molecule has 0 aromatic carbocycles. The van der Waals surface area contributed by atoms with E-state index in [9.17, 15) is 9.59 Å². The Morgan fingerprint density at radius 2 is 1.19 bits per heavy atom. The third-order valence-corrected chi connectivity index (χ3v) is 5.82. The minimum Gasteiger partial charge on any atom is -0.298 e. The summed E-state index contributed by atoms with van der Waals surface area (Å²) >= 11 is 0. The molecule has 4 heteroatoms. The van der Waals surface area contributed by atoms with Gasteiger partial charge in [0.05, 0.1) is 0 Å². The van der Waals surface area contributed by atoms with Crippen molar-refractivity contribution in [1.82, 2.24) is 0 Å². The number of aldehydes is 2. The van der Waals surface area contributed by atoms with Crippen LogP contribution in [0.1, 0.15) is 38.5 Å². The first-order chi connectivity index (χ1) is 7.85. The maximum atomic E-state index is 10.8. The third kappa shape index (κ3) is 2.61. The first-order valence-electron chi connectivity index (χ1n) is 5.54. The van der Waals surface area contributed by atoms with Crippen molar-refractivity contribution in [3.05, 3.63) is 21.0 Å². The molecule has 0 unspecified atom stereocenters. The lowest BCUT2D eigenvalue weighted by Crippen LogP contribution is -1.81. The number of hydrogen-bond acceptors (Lipinski definition) is 4. The Bertz CT molecular complexity index is 333. The van der Waals surface area contributed by atoms with Crippen molar-refractivity contribution in [3.8, 4) is 0 Å². The molecule has 16 heavy (non-hydrogen) atoms. The zero-order valence-electron chi connectivity index (χ0n) is 9.03. The van der Waals surface area contributed by atoms with Crippen molar-refractivity contribution in [2.24, 2.45) is 0 Å². The Labute approximate surface area is 103 Å². The summed E-state index contributed by atoms with van der Waals surface area (Å²) in [7, 11) is 3.36. The van der Waals surface area contributed by atoms with Crippen LogP contribution in [0, 0.1) is 0 Å². The second kappa shape index (κ2) is 5.73. The molecule has 0 spiro atoms. The molecule has 2 aliphatic rings. The fourth-order valence-corrected chi connectivity index (χ4v) is 4.94. The van der Waals surface area contributed by atoms with Crippen LogP contribution >= 0.6 is 21.6 Å². The van der Waals surface area contributed by atoms with Crippen molar-refractivity contribution >= 4 is 34.2 Å². The van der Waals surface area contributed by atoms with E-state index in [1.807, 2.05) is 0 Å². The minimum atomic E-state index is 0.923. The summed E-state index contributed by atoms with van der Waals surface area (Å²) in [6.07, 6.45) is 8.05. The summed E-state index contributed by atoms with van der Waals surface area (Å²) in [5.74, 6) is 0. The molecular formula is C12H14O2S2. The normalized spacial score (nSPS) is 20.8. The molecule has 0 aromatic rings. The summed E-state index contributed by atoms with van der Waals surface area (Å²) < 4.78 is 0. The second-order valence-corrected chi connectivity index (χ2v) is 6.33. The summed E-state index contributed by atoms with van der Waals surface area (Å²) in [5.41, 5.74) is 1.92. The predicted molar refractivity (Wildman–Crippen MR) is 69.1 cm³/mol. The Morgan fingerprint density at radius 3 is 1.56 bits per heavy atom. The SMILES string of the molecule is O=CC1=C(SSC2=C(C=O)CCC2)CCC1. The molecule has 0 heterocycles. The number of carbonyl (C=O) groups excluding carboxylic acids is 2. The smallest absolute Gasteiger partial charge is 0.146 e. The molecule has 0 saturated carbocycles. The van der Waals surface area contributed by atoms with Crippen molar-refractivity contribution in [3.63, 3.8) is 0 Å². The van der Waals surface area contributed by atoms with Gasteiger partial charge in [-0.05, 0) is 38.5 Å². The van der Waals surface area contributed by atoms with E-state index in [0.29, 0.717) is 0 Å². The highest BCUT2D eigenvalue weighted by molar-refractivity contribution is 8.79. The van der Waals surface area contributed by atoms with Gasteiger partial charge in [-0.2, -0.15) is 0 Å². The summed E-state index contributed by atoms with van der Waals surface area (Å²) in [6.45, 7) is 0. The summed E-state index contributed by atoms with van der Waals surface area (Å²) in [6, 6.07) is 0. The van der Waals surface area contributed by atoms with Crippen molar-refractivity contribution in [2.45, 2.75) is 38.5 Å². The summed E-state index contributed by atoms with van der Waals surface area (Å²) in [4.78, 5) is 24.0. The minimum absolute atomic E-state index is 0.923. The van der Waals surface area contributed by atoms with Crippen molar-refractivity contribution < 1.29 is 9.59 Å². The number of rotatable bonds is 5. The summed E-state index contributed by atoms with van der Waals surface area (Å²) in [5, 5.41) is 0. The zero-order valence-corrected chi connectivity index (χ0v) is 10.7. The van der Waals surface area contributed by atoms with Crippen LogP contribution in [0.4, 0.5) is 0 Å². The van der Waals surface area contributed by atoms with E-state index in [2.05, 4.69) is 0 Å². The van der Waals surface area contributed by atoms with Crippen LogP contribution in [0.15, 0.2) is 21.0 Å². The number of hydrogen-bond donors (Lipinski definition) is 0. The third-order valence-electron chi connectivity index (χ3n) is 2.94.